The Morgan fingerprint density at radius 3 is 2.48 bits per heavy atom. The predicted molar refractivity (Wildman–Crippen MR) is 84.2 cm³/mol. The van der Waals surface area contributed by atoms with Crippen LogP contribution in [0.4, 0.5) is 0 Å². The molecule has 0 heterocycles. The van der Waals surface area contributed by atoms with Crippen LogP contribution in [0.2, 0.25) is 0 Å². The number of carboxylic acid groups (broad SMARTS) is 1. The molecule has 1 saturated carbocycles. The quantitative estimate of drug-likeness (QED) is 0.812. The largest absolute Gasteiger partial charge is 0.496 e. The van der Waals surface area contributed by atoms with Crippen LogP contribution in [0.3, 0.4) is 0 Å². The minimum absolute atomic E-state index is 0.149. The summed E-state index contributed by atoms with van der Waals surface area (Å²) in [5, 5.41) is 9.20. The summed E-state index contributed by atoms with van der Waals surface area (Å²) in [5.41, 5.74) is 3.57. The number of carboxylic acids is 1. The van der Waals surface area contributed by atoms with Crippen LogP contribution in [0.25, 0.3) is 0 Å². The number of carbonyl (C=O) groups is 1. The molecule has 1 aliphatic carbocycles. The summed E-state index contributed by atoms with van der Waals surface area (Å²) < 4.78 is 5.60. The zero-order chi connectivity index (χ0) is 15.6. The van der Waals surface area contributed by atoms with Crippen molar-refractivity contribution in [3.05, 3.63) is 28.8 Å². The lowest BCUT2D eigenvalue weighted by Crippen LogP contribution is -2.10. The van der Waals surface area contributed by atoms with Gasteiger partial charge in [0.1, 0.15) is 5.75 Å². The summed E-state index contributed by atoms with van der Waals surface area (Å²) in [6.45, 7) is 6.43. The highest BCUT2D eigenvalue weighted by Gasteiger charge is 2.34. The molecule has 0 saturated heterocycles. The summed E-state index contributed by atoms with van der Waals surface area (Å²) in [6, 6.07) is 4.34. The molecule has 0 bridgehead atoms. The summed E-state index contributed by atoms with van der Waals surface area (Å²) in [6.07, 6.45) is 3.45. The monoisotopic (exact) mass is 290 g/mol. The van der Waals surface area contributed by atoms with Crippen LogP contribution in [0.1, 0.15) is 68.6 Å². The van der Waals surface area contributed by atoms with Crippen LogP contribution in [-0.4, -0.2) is 18.2 Å². The number of hydrogen-bond donors (Lipinski definition) is 1. The average molecular weight is 290 g/mol. The molecule has 0 aromatic heterocycles. The molecule has 0 aliphatic heterocycles. The Kier molecular flexibility index (Phi) is 4.92. The predicted octanol–water partition coefficient (Wildman–Crippen LogP) is 4.35. The molecule has 0 amide bonds. The lowest BCUT2D eigenvalue weighted by Gasteiger charge is -2.21. The molecular weight excluding hydrogens is 264 g/mol. The van der Waals surface area contributed by atoms with Gasteiger partial charge in [-0.1, -0.05) is 32.9 Å². The van der Waals surface area contributed by atoms with Gasteiger partial charge in [0.2, 0.25) is 0 Å². The van der Waals surface area contributed by atoms with Crippen molar-refractivity contribution in [1.82, 2.24) is 0 Å². The van der Waals surface area contributed by atoms with Gasteiger partial charge in [-0.2, -0.15) is 0 Å². The van der Waals surface area contributed by atoms with E-state index < -0.39 is 5.97 Å². The van der Waals surface area contributed by atoms with Crippen molar-refractivity contribution in [3.8, 4) is 5.75 Å². The number of methoxy groups -OCH3 is 1. The molecular formula is C18H26O3. The minimum atomic E-state index is -0.702. The maximum Gasteiger partial charge on any atom is 0.303 e. The second kappa shape index (κ2) is 6.50. The third kappa shape index (κ3) is 3.58. The molecule has 2 rings (SSSR count). The number of hydrogen-bond acceptors (Lipinski definition) is 2. The Bertz CT molecular complexity index is 515. The third-order valence-electron chi connectivity index (χ3n) is 4.44. The Morgan fingerprint density at radius 2 is 2.05 bits per heavy atom. The van der Waals surface area contributed by atoms with Crippen LogP contribution in [0, 0.1) is 5.92 Å². The number of rotatable bonds is 7. The molecule has 3 heteroatoms. The Balaban J connectivity index is 2.46. The van der Waals surface area contributed by atoms with Crippen molar-refractivity contribution in [2.45, 2.75) is 58.3 Å². The van der Waals surface area contributed by atoms with E-state index in [-0.39, 0.29) is 12.3 Å². The first kappa shape index (κ1) is 15.9. The first-order valence-electron chi connectivity index (χ1n) is 7.90. The molecule has 1 atom stereocenters. The normalized spacial score (nSPS) is 16.0. The molecule has 1 N–H and O–H groups in total. The summed E-state index contributed by atoms with van der Waals surface area (Å²) in [7, 11) is 1.72. The second-order valence-electron chi connectivity index (χ2n) is 6.35. The highest BCUT2D eigenvalue weighted by Crippen LogP contribution is 2.46. The number of ether oxygens (including phenoxy) is 1. The number of aliphatic carboxylic acids is 1. The van der Waals surface area contributed by atoms with Crippen LogP contribution < -0.4 is 4.74 Å². The lowest BCUT2D eigenvalue weighted by atomic mass is 9.86. The number of aryl methyl sites for hydroxylation is 1. The molecule has 1 aliphatic rings. The van der Waals surface area contributed by atoms with Crippen LogP contribution >= 0.6 is 0 Å². The van der Waals surface area contributed by atoms with Crippen LogP contribution in [0.15, 0.2) is 12.1 Å². The van der Waals surface area contributed by atoms with Crippen molar-refractivity contribution in [2.24, 2.45) is 5.92 Å². The van der Waals surface area contributed by atoms with Crippen molar-refractivity contribution < 1.29 is 14.6 Å². The maximum absolute atomic E-state index is 11.2. The SMILES string of the molecule is CCc1cc(C(CC(=O)O)C2CC2)cc(C(C)C)c1OC. The van der Waals surface area contributed by atoms with E-state index >= 15 is 0 Å². The van der Waals surface area contributed by atoms with E-state index in [1.165, 1.54) is 16.7 Å². The zero-order valence-electron chi connectivity index (χ0n) is 13.5. The van der Waals surface area contributed by atoms with Gasteiger partial charge in [0.05, 0.1) is 13.5 Å². The van der Waals surface area contributed by atoms with E-state index in [1.807, 2.05) is 0 Å². The molecule has 1 aromatic carbocycles. The van der Waals surface area contributed by atoms with Gasteiger partial charge in [-0.3, -0.25) is 4.79 Å². The van der Waals surface area contributed by atoms with E-state index in [1.54, 1.807) is 7.11 Å². The molecule has 1 aromatic rings. The van der Waals surface area contributed by atoms with Crippen molar-refractivity contribution in [2.75, 3.05) is 7.11 Å². The Labute approximate surface area is 127 Å². The highest BCUT2D eigenvalue weighted by atomic mass is 16.5. The lowest BCUT2D eigenvalue weighted by molar-refractivity contribution is -0.137. The first-order chi connectivity index (χ1) is 9.97. The second-order valence-corrected chi connectivity index (χ2v) is 6.35. The first-order valence-corrected chi connectivity index (χ1v) is 7.90. The fourth-order valence-electron chi connectivity index (χ4n) is 3.14. The van der Waals surface area contributed by atoms with Gasteiger partial charge in [-0.15, -0.1) is 0 Å². The molecule has 3 nitrogen and oxygen atoms in total. The standard InChI is InChI=1S/C18H26O3/c1-5-12-8-14(9-15(11(2)3)18(12)21-4)16(10-17(19)20)13-6-7-13/h8-9,11,13,16H,5-7,10H2,1-4H3,(H,19,20). The van der Waals surface area contributed by atoms with Gasteiger partial charge < -0.3 is 9.84 Å². The van der Waals surface area contributed by atoms with E-state index in [9.17, 15) is 9.90 Å². The molecule has 0 spiro atoms. The van der Waals surface area contributed by atoms with Gasteiger partial charge in [0, 0.05) is 0 Å². The van der Waals surface area contributed by atoms with Gasteiger partial charge in [-0.05, 0) is 53.7 Å². The Morgan fingerprint density at radius 1 is 1.38 bits per heavy atom. The molecule has 116 valence electrons. The van der Waals surface area contributed by atoms with E-state index in [0.29, 0.717) is 11.8 Å². The number of benzene rings is 1. The third-order valence-corrected chi connectivity index (χ3v) is 4.44. The highest BCUT2D eigenvalue weighted by molar-refractivity contribution is 5.68. The van der Waals surface area contributed by atoms with Crippen molar-refractivity contribution >= 4 is 5.97 Å². The molecule has 1 unspecified atom stereocenters. The fourth-order valence-corrected chi connectivity index (χ4v) is 3.14. The van der Waals surface area contributed by atoms with Crippen molar-refractivity contribution in [3.63, 3.8) is 0 Å². The molecule has 0 radical (unpaired) electrons. The van der Waals surface area contributed by atoms with Gasteiger partial charge in [-0.25, -0.2) is 0 Å². The average Bonchev–Trinajstić information content (AvgIpc) is 3.27. The zero-order valence-corrected chi connectivity index (χ0v) is 13.5. The Hall–Kier alpha value is -1.51. The van der Waals surface area contributed by atoms with Crippen molar-refractivity contribution in [1.29, 1.82) is 0 Å². The van der Waals surface area contributed by atoms with E-state index in [4.69, 9.17) is 4.74 Å². The fraction of sp³-hybridized carbons (Fsp3) is 0.611. The topological polar surface area (TPSA) is 46.5 Å². The van der Waals surface area contributed by atoms with Gasteiger partial charge in [0.15, 0.2) is 0 Å². The van der Waals surface area contributed by atoms with Gasteiger partial charge in [0.25, 0.3) is 0 Å². The maximum atomic E-state index is 11.2. The van der Waals surface area contributed by atoms with E-state index in [0.717, 1.165) is 25.0 Å². The summed E-state index contributed by atoms with van der Waals surface area (Å²) >= 11 is 0. The van der Waals surface area contributed by atoms with E-state index in [2.05, 4.69) is 32.9 Å². The van der Waals surface area contributed by atoms with Crippen LogP contribution in [-0.2, 0) is 11.2 Å². The molecule has 1 fully saturated rings. The smallest absolute Gasteiger partial charge is 0.303 e. The minimum Gasteiger partial charge on any atom is -0.496 e. The molecule has 21 heavy (non-hydrogen) atoms. The van der Waals surface area contributed by atoms with Crippen LogP contribution in [0.5, 0.6) is 5.75 Å². The summed E-state index contributed by atoms with van der Waals surface area (Å²) in [5.74, 6) is 1.33. The van der Waals surface area contributed by atoms with Gasteiger partial charge >= 0.3 is 5.97 Å². The summed E-state index contributed by atoms with van der Waals surface area (Å²) in [4.78, 5) is 11.2.